The second-order valence-electron chi connectivity index (χ2n) is 5.84. The van der Waals surface area contributed by atoms with Gasteiger partial charge in [0.25, 0.3) is 5.91 Å². The number of hydrogen-bond acceptors (Lipinski definition) is 4. The summed E-state index contributed by atoms with van der Waals surface area (Å²) in [5, 5.41) is 13.5. The van der Waals surface area contributed by atoms with Crippen LogP contribution in [0.15, 0.2) is 56.4 Å². The molecular formula is C19H17ClN2O2S. The molecule has 2 aromatic rings. The quantitative estimate of drug-likeness (QED) is 0.589. The molecule has 0 aliphatic heterocycles. The van der Waals surface area contributed by atoms with E-state index in [9.17, 15) is 10.1 Å². The lowest BCUT2D eigenvalue weighted by molar-refractivity contribution is -0.117. The Bertz CT molecular complexity index is 815. The van der Waals surface area contributed by atoms with Crippen LogP contribution in [0.4, 0.5) is 0 Å². The number of carbonyl (C=O) groups excluding carboxylic acids is 1. The molecule has 4 nitrogen and oxygen atoms in total. The van der Waals surface area contributed by atoms with Crippen molar-refractivity contribution < 1.29 is 9.21 Å². The highest BCUT2D eigenvalue weighted by Crippen LogP contribution is 2.30. The molecule has 1 aliphatic carbocycles. The van der Waals surface area contributed by atoms with Crippen molar-refractivity contribution in [3.63, 3.8) is 0 Å². The summed E-state index contributed by atoms with van der Waals surface area (Å²) >= 11 is 7.32. The first kappa shape index (κ1) is 17.7. The normalized spacial score (nSPS) is 15.1. The Kier molecular flexibility index (Phi) is 5.85. The molecule has 0 unspecified atom stereocenters. The van der Waals surface area contributed by atoms with Crippen molar-refractivity contribution in [2.45, 2.75) is 41.7 Å². The minimum Gasteiger partial charge on any atom is -0.450 e. The van der Waals surface area contributed by atoms with Crippen LogP contribution in [0.3, 0.4) is 0 Å². The Morgan fingerprint density at radius 1 is 1.24 bits per heavy atom. The van der Waals surface area contributed by atoms with Crippen LogP contribution in [-0.2, 0) is 4.79 Å². The van der Waals surface area contributed by atoms with Crippen LogP contribution >= 0.6 is 23.4 Å². The first-order valence-electron chi connectivity index (χ1n) is 8.10. The van der Waals surface area contributed by atoms with Gasteiger partial charge in [-0.2, -0.15) is 5.26 Å². The van der Waals surface area contributed by atoms with E-state index in [0.717, 1.165) is 30.6 Å². The van der Waals surface area contributed by atoms with Crippen molar-refractivity contribution in [2.24, 2.45) is 0 Å². The van der Waals surface area contributed by atoms with E-state index in [2.05, 4.69) is 5.32 Å². The highest BCUT2D eigenvalue weighted by atomic mass is 35.5. The SMILES string of the molecule is N#C/C(=C/c1ccc(Sc2ccc(Cl)cc2)o1)C(=O)NC1CCCC1. The number of nitriles is 1. The van der Waals surface area contributed by atoms with E-state index in [0.29, 0.717) is 15.9 Å². The molecule has 1 aliphatic rings. The molecule has 0 radical (unpaired) electrons. The van der Waals surface area contributed by atoms with Gasteiger partial charge >= 0.3 is 0 Å². The van der Waals surface area contributed by atoms with Crippen molar-refractivity contribution in [3.8, 4) is 6.07 Å². The summed E-state index contributed by atoms with van der Waals surface area (Å²) in [6.07, 6.45) is 5.69. The summed E-state index contributed by atoms with van der Waals surface area (Å²) in [6, 6.07) is 13.1. The van der Waals surface area contributed by atoms with Gasteiger partial charge in [0.1, 0.15) is 17.4 Å². The molecule has 0 bridgehead atoms. The van der Waals surface area contributed by atoms with Crippen molar-refractivity contribution >= 4 is 35.3 Å². The second kappa shape index (κ2) is 8.28. The van der Waals surface area contributed by atoms with Crippen molar-refractivity contribution in [1.29, 1.82) is 5.26 Å². The third-order valence-corrected chi connectivity index (χ3v) is 5.16. The van der Waals surface area contributed by atoms with Gasteiger partial charge in [0.2, 0.25) is 0 Å². The molecule has 1 heterocycles. The van der Waals surface area contributed by atoms with Gasteiger partial charge in [-0.05, 0) is 49.2 Å². The number of benzene rings is 1. The lowest BCUT2D eigenvalue weighted by Gasteiger charge is -2.10. The van der Waals surface area contributed by atoms with Gasteiger partial charge in [-0.3, -0.25) is 4.79 Å². The molecule has 1 saturated carbocycles. The molecule has 0 saturated heterocycles. The van der Waals surface area contributed by atoms with Crippen LogP contribution in [0, 0.1) is 11.3 Å². The number of carbonyl (C=O) groups is 1. The fourth-order valence-corrected chi connectivity index (χ4v) is 3.61. The largest absolute Gasteiger partial charge is 0.450 e. The number of amides is 1. The number of furan rings is 1. The van der Waals surface area contributed by atoms with Crippen molar-refractivity contribution in [2.75, 3.05) is 0 Å². The lowest BCUT2D eigenvalue weighted by Crippen LogP contribution is -2.33. The molecule has 3 rings (SSSR count). The molecule has 1 N–H and O–H groups in total. The molecule has 25 heavy (non-hydrogen) atoms. The summed E-state index contributed by atoms with van der Waals surface area (Å²) in [6.45, 7) is 0. The average Bonchev–Trinajstić information content (AvgIpc) is 3.26. The van der Waals surface area contributed by atoms with Gasteiger partial charge < -0.3 is 9.73 Å². The predicted molar refractivity (Wildman–Crippen MR) is 98.3 cm³/mol. The Hall–Kier alpha value is -2.16. The van der Waals surface area contributed by atoms with Gasteiger partial charge in [-0.25, -0.2) is 0 Å². The van der Waals surface area contributed by atoms with E-state index in [4.69, 9.17) is 16.0 Å². The summed E-state index contributed by atoms with van der Waals surface area (Å²) < 4.78 is 5.69. The molecule has 0 atom stereocenters. The third kappa shape index (κ3) is 4.91. The Morgan fingerprint density at radius 3 is 2.64 bits per heavy atom. The van der Waals surface area contributed by atoms with E-state index >= 15 is 0 Å². The number of nitrogens with one attached hydrogen (secondary N) is 1. The Morgan fingerprint density at radius 2 is 1.96 bits per heavy atom. The summed E-state index contributed by atoms with van der Waals surface area (Å²) in [5.74, 6) is 0.146. The first-order valence-corrected chi connectivity index (χ1v) is 9.29. The van der Waals surface area contributed by atoms with Crippen LogP contribution in [0.25, 0.3) is 6.08 Å². The van der Waals surface area contributed by atoms with E-state index in [1.54, 1.807) is 6.07 Å². The molecule has 1 aromatic carbocycles. The van der Waals surface area contributed by atoms with Gasteiger partial charge in [0.05, 0.1) is 0 Å². The summed E-state index contributed by atoms with van der Waals surface area (Å²) in [5.41, 5.74) is 0.0595. The zero-order valence-electron chi connectivity index (χ0n) is 13.5. The zero-order valence-corrected chi connectivity index (χ0v) is 15.1. The van der Waals surface area contributed by atoms with E-state index in [-0.39, 0.29) is 17.5 Å². The maximum Gasteiger partial charge on any atom is 0.262 e. The maximum atomic E-state index is 12.2. The molecule has 128 valence electrons. The zero-order chi connectivity index (χ0) is 17.6. The third-order valence-electron chi connectivity index (χ3n) is 3.98. The standard InChI is InChI=1S/C19H17ClN2O2S/c20-14-5-8-17(9-6-14)25-18-10-7-16(24-18)11-13(12-21)19(23)22-15-3-1-2-4-15/h5-11,15H,1-4H2,(H,22,23)/b13-11-. The second-order valence-corrected chi connectivity index (χ2v) is 7.35. The summed E-state index contributed by atoms with van der Waals surface area (Å²) in [7, 11) is 0. The molecular weight excluding hydrogens is 356 g/mol. The van der Waals surface area contributed by atoms with E-state index in [1.807, 2.05) is 36.4 Å². The minimum atomic E-state index is -0.335. The Balaban J connectivity index is 1.67. The average molecular weight is 373 g/mol. The monoisotopic (exact) mass is 372 g/mol. The lowest BCUT2D eigenvalue weighted by atomic mass is 10.2. The minimum absolute atomic E-state index is 0.0595. The fraction of sp³-hybridized carbons (Fsp3) is 0.263. The van der Waals surface area contributed by atoms with Crippen molar-refractivity contribution in [1.82, 2.24) is 5.32 Å². The molecule has 6 heteroatoms. The highest BCUT2D eigenvalue weighted by Gasteiger charge is 2.19. The van der Waals surface area contributed by atoms with E-state index < -0.39 is 0 Å². The van der Waals surface area contributed by atoms with Crippen molar-refractivity contribution in [3.05, 3.63) is 52.8 Å². The molecule has 0 spiro atoms. The van der Waals surface area contributed by atoms with Crippen LogP contribution in [0.5, 0.6) is 0 Å². The Labute approximate surface area is 155 Å². The first-order chi connectivity index (χ1) is 12.1. The van der Waals surface area contributed by atoms with Crippen LogP contribution < -0.4 is 5.32 Å². The predicted octanol–water partition coefficient (Wildman–Crippen LogP) is 5.05. The molecule has 1 amide bonds. The van der Waals surface area contributed by atoms with Gasteiger partial charge in [-0.1, -0.05) is 36.2 Å². The van der Waals surface area contributed by atoms with Crippen LogP contribution in [0.2, 0.25) is 5.02 Å². The number of nitrogens with zero attached hydrogens (tertiary/aromatic N) is 1. The maximum absolute atomic E-state index is 12.2. The highest BCUT2D eigenvalue weighted by molar-refractivity contribution is 7.99. The molecule has 1 fully saturated rings. The van der Waals surface area contributed by atoms with Crippen LogP contribution in [0.1, 0.15) is 31.4 Å². The molecule has 1 aromatic heterocycles. The van der Waals surface area contributed by atoms with Gasteiger partial charge in [0.15, 0.2) is 5.09 Å². The summed E-state index contributed by atoms with van der Waals surface area (Å²) in [4.78, 5) is 13.2. The van der Waals surface area contributed by atoms with Gasteiger partial charge in [-0.15, -0.1) is 0 Å². The topological polar surface area (TPSA) is 66.0 Å². The number of rotatable bonds is 5. The number of halogens is 1. The number of hydrogen-bond donors (Lipinski definition) is 1. The van der Waals surface area contributed by atoms with Gasteiger partial charge in [0, 0.05) is 22.0 Å². The van der Waals surface area contributed by atoms with E-state index in [1.165, 1.54) is 17.8 Å². The van der Waals surface area contributed by atoms with Crippen LogP contribution in [-0.4, -0.2) is 11.9 Å². The fourth-order valence-electron chi connectivity index (χ4n) is 2.71. The smallest absolute Gasteiger partial charge is 0.262 e.